The Kier molecular flexibility index (Phi) is 47.2. The second kappa shape index (κ2) is 48.2. The number of hydrogen-bond donors (Lipinski definition) is 1. The second-order valence-corrected chi connectivity index (χ2v) is 21.1. The number of carbonyl (C=O) groups excluding carboxylic acids is 1. The minimum atomic E-state index is -4.28. The molecule has 0 fully saturated rings. The Balaban J connectivity index is 4.06. The van der Waals surface area contributed by atoms with Gasteiger partial charge in [0.2, 0.25) is 0 Å². The van der Waals surface area contributed by atoms with Gasteiger partial charge in [0.15, 0.2) is 0 Å². The summed E-state index contributed by atoms with van der Waals surface area (Å²) < 4.78 is 35.2. The highest BCUT2D eigenvalue weighted by atomic mass is 31.2. The zero-order valence-electron chi connectivity index (χ0n) is 43.0. The molecule has 0 radical (unpaired) electrons. The van der Waals surface area contributed by atoms with E-state index in [4.69, 9.17) is 18.5 Å². The van der Waals surface area contributed by atoms with Crippen LogP contribution in [0.25, 0.3) is 0 Å². The molecule has 0 aromatic rings. The molecule has 9 heteroatoms. The third-order valence-corrected chi connectivity index (χ3v) is 12.9. The summed E-state index contributed by atoms with van der Waals surface area (Å²) in [5.41, 5.74) is 0. The number of phosphoric ester groups is 1. The summed E-state index contributed by atoms with van der Waals surface area (Å²) in [6.07, 6.45) is 59.1. The highest BCUT2D eigenvalue weighted by molar-refractivity contribution is 7.47. The number of unbranched alkanes of at least 4 members (excludes halogenated alkanes) is 31. The number of rotatable bonds is 51. The van der Waals surface area contributed by atoms with Crippen molar-refractivity contribution >= 4 is 13.8 Å². The number of quaternary nitrogens is 1. The van der Waals surface area contributed by atoms with Crippen molar-refractivity contribution < 1.29 is 37.3 Å². The standard InChI is InChI=1S/C55H106NO7P/c1-6-8-10-12-14-16-18-20-22-24-25-26-27-28-29-30-31-32-33-35-37-39-41-43-45-47-50-60-52-54(53-62-64(58,59)61-51-49-56(3,4)5)63-55(57)48-46-44-42-40-38-36-34-23-21-19-17-15-13-11-9-7-2/h18,20,24-25,27-28,54H,6-17,19,21-23,26,29-53H2,1-5H3/p+1/b20-18-,25-24-,28-27-. The molecule has 0 aliphatic heterocycles. The number of carbonyl (C=O) groups is 1. The predicted molar refractivity (Wildman–Crippen MR) is 275 cm³/mol. The molecule has 1 N–H and O–H groups in total. The fourth-order valence-corrected chi connectivity index (χ4v) is 8.48. The van der Waals surface area contributed by atoms with E-state index in [9.17, 15) is 14.3 Å². The summed E-state index contributed by atoms with van der Waals surface area (Å²) in [5.74, 6) is -0.310. The van der Waals surface area contributed by atoms with Crippen molar-refractivity contribution in [1.82, 2.24) is 0 Å². The van der Waals surface area contributed by atoms with E-state index in [1.807, 2.05) is 21.1 Å². The molecule has 0 spiro atoms. The molecule has 0 aromatic heterocycles. The molecule has 2 atom stereocenters. The van der Waals surface area contributed by atoms with Gasteiger partial charge in [0.25, 0.3) is 0 Å². The van der Waals surface area contributed by atoms with E-state index in [0.717, 1.165) is 44.9 Å². The van der Waals surface area contributed by atoms with Gasteiger partial charge >= 0.3 is 13.8 Å². The number of likely N-dealkylation sites (N-methyl/N-ethyl adjacent to an activating group) is 1. The van der Waals surface area contributed by atoms with Gasteiger partial charge in [-0.25, -0.2) is 4.57 Å². The highest BCUT2D eigenvalue weighted by Gasteiger charge is 2.26. The Hall–Kier alpha value is -1.28. The number of hydrogen-bond acceptors (Lipinski definition) is 6. The molecule has 0 heterocycles. The van der Waals surface area contributed by atoms with Gasteiger partial charge in [-0.2, -0.15) is 0 Å². The largest absolute Gasteiger partial charge is 0.472 e. The summed E-state index contributed by atoms with van der Waals surface area (Å²) in [6.45, 7) is 5.65. The van der Waals surface area contributed by atoms with E-state index >= 15 is 0 Å². The van der Waals surface area contributed by atoms with E-state index in [2.05, 4.69) is 50.3 Å². The first-order valence-electron chi connectivity index (χ1n) is 27.2. The molecular weight excluding hydrogens is 818 g/mol. The van der Waals surface area contributed by atoms with Crippen molar-refractivity contribution in [2.75, 3.05) is 54.1 Å². The van der Waals surface area contributed by atoms with Crippen LogP contribution in [0.15, 0.2) is 36.5 Å². The Labute approximate surface area is 397 Å². The second-order valence-electron chi connectivity index (χ2n) is 19.6. The van der Waals surface area contributed by atoms with Crippen molar-refractivity contribution in [3.63, 3.8) is 0 Å². The number of esters is 1. The van der Waals surface area contributed by atoms with E-state index in [-0.39, 0.29) is 25.8 Å². The quantitative estimate of drug-likeness (QED) is 0.0214. The summed E-state index contributed by atoms with van der Waals surface area (Å²) >= 11 is 0. The minimum absolute atomic E-state index is 0.0896. The zero-order valence-corrected chi connectivity index (χ0v) is 43.9. The minimum Gasteiger partial charge on any atom is -0.457 e. The molecule has 0 rings (SSSR count). The SMILES string of the molecule is CCCCCCC/C=C\C/C=C\C/C=C\CCCCCCCCCCCCCOCC(COP(=O)(O)OCC[N+](C)(C)C)OC(=O)CCCCCCCCCCCCCCCCCC. The van der Waals surface area contributed by atoms with Crippen LogP contribution in [-0.2, 0) is 27.9 Å². The zero-order chi connectivity index (χ0) is 46.9. The molecule has 64 heavy (non-hydrogen) atoms. The van der Waals surface area contributed by atoms with Gasteiger partial charge < -0.3 is 18.9 Å². The molecule has 0 saturated carbocycles. The number of phosphoric acid groups is 1. The molecule has 0 saturated heterocycles. The lowest BCUT2D eigenvalue weighted by atomic mass is 10.0. The molecular formula is C55H107NO7P+. The topological polar surface area (TPSA) is 91.3 Å². The van der Waals surface area contributed by atoms with Crippen molar-refractivity contribution in [2.24, 2.45) is 0 Å². The summed E-state index contributed by atoms with van der Waals surface area (Å²) in [7, 11) is 1.68. The maximum atomic E-state index is 12.8. The molecule has 2 unspecified atom stereocenters. The van der Waals surface area contributed by atoms with E-state index in [1.54, 1.807) is 0 Å². The molecule has 0 aromatic carbocycles. The lowest BCUT2D eigenvalue weighted by Crippen LogP contribution is -2.37. The molecule has 0 aliphatic carbocycles. The van der Waals surface area contributed by atoms with Crippen molar-refractivity contribution in [3.8, 4) is 0 Å². The molecule has 8 nitrogen and oxygen atoms in total. The molecule has 378 valence electrons. The first kappa shape index (κ1) is 62.7. The van der Waals surface area contributed by atoms with E-state index < -0.39 is 13.9 Å². The van der Waals surface area contributed by atoms with Crippen LogP contribution >= 0.6 is 7.82 Å². The fraction of sp³-hybridized carbons (Fsp3) is 0.873. The predicted octanol–water partition coefficient (Wildman–Crippen LogP) is 16.9. The molecule has 0 amide bonds. The number of nitrogens with zero attached hydrogens (tertiary/aromatic N) is 1. The van der Waals surface area contributed by atoms with Crippen LogP contribution in [-0.4, -0.2) is 75.6 Å². The van der Waals surface area contributed by atoms with E-state index in [0.29, 0.717) is 24.1 Å². The number of allylic oxidation sites excluding steroid dienone is 6. The Morgan fingerprint density at radius 1 is 0.484 bits per heavy atom. The van der Waals surface area contributed by atoms with Gasteiger partial charge in [0, 0.05) is 13.0 Å². The smallest absolute Gasteiger partial charge is 0.457 e. The highest BCUT2D eigenvalue weighted by Crippen LogP contribution is 2.43. The van der Waals surface area contributed by atoms with Gasteiger partial charge in [-0.1, -0.05) is 230 Å². The fourth-order valence-electron chi connectivity index (χ4n) is 7.74. The summed E-state index contributed by atoms with van der Waals surface area (Å²) in [5, 5.41) is 0. The van der Waals surface area contributed by atoms with Crippen LogP contribution in [0.1, 0.15) is 251 Å². The van der Waals surface area contributed by atoms with Gasteiger partial charge in [-0.05, 0) is 51.4 Å². The van der Waals surface area contributed by atoms with Crippen LogP contribution in [0, 0.1) is 0 Å². The average Bonchev–Trinajstić information content (AvgIpc) is 3.25. The van der Waals surface area contributed by atoms with Crippen molar-refractivity contribution in [2.45, 2.75) is 258 Å². The van der Waals surface area contributed by atoms with Crippen LogP contribution in [0.4, 0.5) is 0 Å². The van der Waals surface area contributed by atoms with Gasteiger partial charge in [-0.15, -0.1) is 0 Å². The third kappa shape index (κ3) is 51.7. The van der Waals surface area contributed by atoms with E-state index in [1.165, 1.54) is 186 Å². The molecule has 0 bridgehead atoms. The lowest BCUT2D eigenvalue weighted by molar-refractivity contribution is -0.870. The Bertz CT molecular complexity index is 1120. The average molecular weight is 925 g/mol. The normalized spacial score (nSPS) is 13.8. The monoisotopic (exact) mass is 925 g/mol. The van der Waals surface area contributed by atoms with Gasteiger partial charge in [0.1, 0.15) is 19.3 Å². The van der Waals surface area contributed by atoms with Crippen molar-refractivity contribution in [1.29, 1.82) is 0 Å². The van der Waals surface area contributed by atoms with Crippen LogP contribution in [0.2, 0.25) is 0 Å². The van der Waals surface area contributed by atoms with Gasteiger partial charge in [0.05, 0.1) is 34.4 Å². The van der Waals surface area contributed by atoms with Gasteiger partial charge in [-0.3, -0.25) is 13.8 Å². The van der Waals surface area contributed by atoms with Crippen LogP contribution in [0.5, 0.6) is 0 Å². The molecule has 0 aliphatic rings. The van der Waals surface area contributed by atoms with Crippen LogP contribution in [0.3, 0.4) is 0 Å². The third-order valence-electron chi connectivity index (χ3n) is 12.0. The first-order chi connectivity index (χ1) is 31.1. The number of ether oxygens (including phenoxy) is 2. The van der Waals surface area contributed by atoms with Crippen LogP contribution < -0.4 is 0 Å². The van der Waals surface area contributed by atoms with Crippen molar-refractivity contribution in [3.05, 3.63) is 36.5 Å². The summed E-state index contributed by atoms with van der Waals surface area (Å²) in [4.78, 5) is 23.0. The Morgan fingerprint density at radius 2 is 0.859 bits per heavy atom. The first-order valence-corrected chi connectivity index (χ1v) is 28.7. The lowest BCUT2D eigenvalue weighted by Gasteiger charge is -2.24. The summed E-state index contributed by atoms with van der Waals surface area (Å²) in [6, 6.07) is 0. The maximum absolute atomic E-state index is 12.8. The Morgan fingerprint density at radius 3 is 1.28 bits per heavy atom. The maximum Gasteiger partial charge on any atom is 0.472 e.